The van der Waals surface area contributed by atoms with Gasteiger partial charge in [-0.2, -0.15) is 13.2 Å². The molecule has 0 fully saturated rings. The van der Waals surface area contributed by atoms with Crippen LogP contribution in [0.5, 0.6) is 11.5 Å². The molecule has 0 saturated carbocycles. The quantitative estimate of drug-likeness (QED) is 0.614. The van der Waals surface area contributed by atoms with Crippen LogP contribution in [-0.4, -0.2) is 14.1 Å². The van der Waals surface area contributed by atoms with Crippen LogP contribution >= 0.6 is 11.6 Å². The van der Waals surface area contributed by atoms with Gasteiger partial charge in [-0.05, 0) is 18.2 Å². The van der Waals surface area contributed by atoms with Gasteiger partial charge in [0.1, 0.15) is 23.0 Å². The molecule has 0 bridgehead atoms. The molecule has 0 aliphatic carbocycles. The molecule has 0 unspecified atom stereocenters. The maximum Gasteiger partial charge on any atom is 0.431 e. The van der Waals surface area contributed by atoms with Crippen LogP contribution in [-0.2, 0) is 13.2 Å². The number of nitrogens with zero attached hydrogens (tertiary/aromatic N) is 3. The first-order valence-corrected chi connectivity index (χ1v) is 7.95. The van der Waals surface area contributed by atoms with Gasteiger partial charge in [0.05, 0.1) is 10.7 Å². The Balaban J connectivity index is 2.20. The lowest BCUT2D eigenvalue weighted by Crippen LogP contribution is -2.41. The Morgan fingerprint density at radius 2 is 1.75 bits per heavy atom. The molecule has 0 saturated heterocycles. The molecule has 0 N–H and O–H groups in total. The van der Waals surface area contributed by atoms with E-state index in [9.17, 15) is 27.2 Å². The molecule has 6 nitrogen and oxygen atoms in total. The third kappa shape index (κ3) is 3.63. The molecule has 11 heteroatoms. The molecule has 146 valence electrons. The second kappa shape index (κ2) is 7.12. The predicted octanol–water partition coefficient (Wildman–Crippen LogP) is 3.53. The van der Waals surface area contributed by atoms with Gasteiger partial charge in [0.15, 0.2) is 0 Å². The average molecular weight is 416 g/mol. The van der Waals surface area contributed by atoms with Crippen molar-refractivity contribution in [3.05, 3.63) is 80.1 Å². The first-order valence-electron chi connectivity index (χ1n) is 7.57. The van der Waals surface area contributed by atoms with Gasteiger partial charge in [0.2, 0.25) is 0 Å². The van der Waals surface area contributed by atoms with Crippen LogP contribution in [0.4, 0.5) is 17.6 Å². The number of aromatic nitrogens is 3. The van der Waals surface area contributed by atoms with Gasteiger partial charge in [-0.25, -0.2) is 13.8 Å². The largest absolute Gasteiger partial charge is 0.456 e. The number of pyridine rings is 1. The molecule has 2 heterocycles. The summed E-state index contributed by atoms with van der Waals surface area (Å²) in [5.41, 5.74) is -4.79. The van der Waals surface area contributed by atoms with Gasteiger partial charge >= 0.3 is 11.9 Å². The fourth-order valence-corrected chi connectivity index (χ4v) is 2.61. The predicted molar refractivity (Wildman–Crippen MR) is 91.6 cm³/mol. The second-order valence-corrected chi connectivity index (χ2v) is 5.97. The van der Waals surface area contributed by atoms with Crippen molar-refractivity contribution in [3.8, 4) is 17.2 Å². The van der Waals surface area contributed by atoms with Crippen molar-refractivity contribution < 1.29 is 22.3 Å². The molecular formula is C17H10ClF4N3O3. The minimum Gasteiger partial charge on any atom is -0.456 e. The lowest BCUT2D eigenvalue weighted by molar-refractivity contribution is -0.144. The van der Waals surface area contributed by atoms with Crippen molar-refractivity contribution in [1.82, 2.24) is 14.1 Å². The molecule has 2 aromatic heterocycles. The smallest absolute Gasteiger partial charge is 0.431 e. The first kappa shape index (κ1) is 19.6. The van der Waals surface area contributed by atoms with E-state index in [1.807, 2.05) is 0 Å². The minimum atomic E-state index is -4.93. The van der Waals surface area contributed by atoms with Gasteiger partial charge < -0.3 is 4.74 Å². The van der Waals surface area contributed by atoms with E-state index in [-0.39, 0.29) is 31.7 Å². The summed E-state index contributed by atoms with van der Waals surface area (Å²) >= 11 is 5.93. The zero-order chi connectivity index (χ0) is 20.6. The summed E-state index contributed by atoms with van der Waals surface area (Å²) in [7, 11) is 0.823. The number of halogens is 5. The van der Waals surface area contributed by atoms with Crippen molar-refractivity contribution >= 4 is 11.6 Å². The number of rotatable bonds is 3. The summed E-state index contributed by atoms with van der Waals surface area (Å²) in [6, 6.07) is 4.90. The van der Waals surface area contributed by atoms with Crippen LogP contribution in [0, 0.1) is 5.82 Å². The van der Waals surface area contributed by atoms with Gasteiger partial charge in [-0.15, -0.1) is 0 Å². The fraction of sp³-hybridized carbons (Fsp3) is 0.118. The van der Waals surface area contributed by atoms with Gasteiger partial charge in [-0.3, -0.25) is 14.3 Å². The molecule has 1 aromatic carbocycles. The van der Waals surface area contributed by atoms with E-state index in [2.05, 4.69) is 4.98 Å². The lowest BCUT2D eigenvalue weighted by atomic mass is 10.2. The van der Waals surface area contributed by atoms with Crippen molar-refractivity contribution in [2.75, 3.05) is 0 Å². The first-order chi connectivity index (χ1) is 13.1. The molecule has 28 heavy (non-hydrogen) atoms. The van der Waals surface area contributed by atoms with E-state index in [1.54, 1.807) is 0 Å². The highest BCUT2D eigenvalue weighted by Crippen LogP contribution is 2.33. The third-order valence-electron chi connectivity index (χ3n) is 3.73. The summed E-state index contributed by atoms with van der Waals surface area (Å²) in [5, 5.41) is -0.171. The minimum absolute atomic E-state index is 0.113. The number of alkyl halides is 3. The average Bonchev–Trinajstić information content (AvgIpc) is 2.61. The summed E-state index contributed by atoms with van der Waals surface area (Å²) in [6.45, 7) is 0. The van der Waals surface area contributed by atoms with Crippen molar-refractivity contribution in [3.63, 3.8) is 0 Å². The molecule has 0 aliphatic heterocycles. The molecule has 0 radical (unpaired) electrons. The van der Waals surface area contributed by atoms with Gasteiger partial charge in [0, 0.05) is 31.6 Å². The number of hydrogen-bond donors (Lipinski definition) is 0. The van der Waals surface area contributed by atoms with Crippen LogP contribution in [0.1, 0.15) is 5.69 Å². The van der Waals surface area contributed by atoms with Crippen molar-refractivity contribution in [2.45, 2.75) is 6.18 Å². The van der Waals surface area contributed by atoms with Crippen LogP contribution in [0.15, 0.2) is 52.3 Å². The molecule has 3 aromatic rings. The topological polar surface area (TPSA) is 66.1 Å². The van der Waals surface area contributed by atoms with E-state index in [1.165, 1.54) is 24.5 Å². The fourth-order valence-electron chi connectivity index (χ4n) is 2.42. The Morgan fingerprint density at radius 1 is 1.11 bits per heavy atom. The Labute approximate surface area is 159 Å². The van der Waals surface area contributed by atoms with Gasteiger partial charge in [-0.1, -0.05) is 11.6 Å². The molecule has 0 atom stereocenters. The van der Waals surface area contributed by atoms with Crippen molar-refractivity contribution in [1.29, 1.82) is 0 Å². The maximum absolute atomic E-state index is 14.4. The Bertz CT molecular complexity index is 1160. The van der Waals surface area contributed by atoms with Crippen LogP contribution in [0.2, 0.25) is 5.02 Å². The summed E-state index contributed by atoms with van der Waals surface area (Å²) < 4.78 is 59.2. The molecular weight excluding hydrogens is 406 g/mol. The van der Waals surface area contributed by atoms with E-state index in [4.69, 9.17) is 16.3 Å². The highest BCUT2D eigenvalue weighted by atomic mass is 35.5. The molecule has 0 spiro atoms. The lowest BCUT2D eigenvalue weighted by Gasteiger charge is -2.15. The maximum atomic E-state index is 14.4. The van der Waals surface area contributed by atoms with E-state index < -0.39 is 34.6 Å². The van der Waals surface area contributed by atoms with Crippen LogP contribution < -0.4 is 16.0 Å². The van der Waals surface area contributed by atoms with E-state index in [0.717, 1.165) is 19.2 Å². The summed E-state index contributed by atoms with van der Waals surface area (Å²) in [4.78, 5) is 28.3. The standard InChI is InChI=1S/C17H10ClF4N3O3/c1-24-14(17(20,21)22)8-15(26)25(16(24)27)12-7-13(10(18)6-11(12)19)28-9-2-4-23-5-3-9/h2-8H,1H3. The molecule has 0 amide bonds. The Morgan fingerprint density at radius 3 is 2.36 bits per heavy atom. The normalized spacial score (nSPS) is 11.5. The highest BCUT2D eigenvalue weighted by Gasteiger charge is 2.35. The van der Waals surface area contributed by atoms with Crippen molar-refractivity contribution in [2.24, 2.45) is 7.05 Å². The van der Waals surface area contributed by atoms with Crippen LogP contribution in [0.25, 0.3) is 5.69 Å². The highest BCUT2D eigenvalue weighted by molar-refractivity contribution is 6.32. The Kier molecular flexibility index (Phi) is 4.99. The SMILES string of the molecule is Cn1c(C(F)(F)F)cc(=O)n(-c2cc(Oc3ccncc3)c(Cl)cc2F)c1=O. The second-order valence-electron chi connectivity index (χ2n) is 5.56. The summed E-state index contributed by atoms with van der Waals surface area (Å²) in [5.74, 6) is -0.925. The van der Waals surface area contributed by atoms with E-state index in [0.29, 0.717) is 0 Å². The number of ether oxygens (including phenoxy) is 1. The zero-order valence-corrected chi connectivity index (χ0v) is 14.8. The van der Waals surface area contributed by atoms with Crippen LogP contribution in [0.3, 0.4) is 0 Å². The van der Waals surface area contributed by atoms with E-state index >= 15 is 0 Å². The zero-order valence-electron chi connectivity index (χ0n) is 14.0. The number of hydrogen-bond acceptors (Lipinski definition) is 4. The molecule has 3 rings (SSSR count). The summed E-state index contributed by atoms with van der Waals surface area (Å²) in [6.07, 6.45) is -2.09. The van der Waals surface area contributed by atoms with Gasteiger partial charge in [0.25, 0.3) is 5.56 Å². The number of benzene rings is 1. The Hall–Kier alpha value is -3.14. The monoisotopic (exact) mass is 415 g/mol. The third-order valence-corrected chi connectivity index (χ3v) is 4.03. The molecule has 0 aliphatic rings.